The van der Waals surface area contributed by atoms with Gasteiger partial charge < -0.3 is 4.90 Å². The highest BCUT2D eigenvalue weighted by molar-refractivity contribution is 7.09. The molecule has 1 aromatic rings. The Labute approximate surface area is 107 Å². The molecule has 2 rings (SSSR count). The minimum Gasteiger partial charge on any atom is -0.342 e. The molecule has 94 valence electrons. The third kappa shape index (κ3) is 3.82. The van der Waals surface area contributed by atoms with E-state index >= 15 is 0 Å². The van der Waals surface area contributed by atoms with Crippen molar-refractivity contribution in [2.45, 2.75) is 25.8 Å². The zero-order chi connectivity index (χ0) is 12.1. The number of rotatable bonds is 4. The minimum absolute atomic E-state index is 0.281. The van der Waals surface area contributed by atoms with Gasteiger partial charge in [0.1, 0.15) is 0 Å². The van der Waals surface area contributed by atoms with Gasteiger partial charge in [0.15, 0.2) is 0 Å². The standard InChI is InChI=1S/C13H20N2OS/c1-14(10-12-6-5-9-17-12)11-13(16)15-7-3-2-4-8-15/h5-6,9H,2-4,7-8,10-11H2,1H3. The summed E-state index contributed by atoms with van der Waals surface area (Å²) in [4.78, 5) is 17.5. The van der Waals surface area contributed by atoms with Crippen LogP contribution in [0.2, 0.25) is 0 Å². The fourth-order valence-electron chi connectivity index (χ4n) is 2.20. The van der Waals surface area contributed by atoms with E-state index in [1.54, 1.807) is 11.3 Å². The predicted molar refractivity (Wildman–Crippen MR) is 71.1 cm³/mol. The number of hydrogen-bond donors (Lipinski definition) is 0. The molecule has 3 nitrogen and oxygen atoms in total. The molecule has 0 spiro atoms. The van der Waals surface area contributed by atoms with Crippen LogP contribution in [0.5, 0.6) is 0 Å². The van der Waals surface area contributed by atoms with E-state index in [0.717, 1.165) is 19.6 Å². The van der Waals surface area contributed by atoms with Crippen LogP contribution in [-0.4, -0.2) is 42.4 Å². The number of carbonyl (C=O) groups excluding carboxylic acids is 1. The van der Waals surface area contributed by atoms with Gasteiger partial charge in [0.2, 0.25) is 5.91 Å². The summed E-state index contributed by atoms with van der Waals surface area (Å²) in [6.45, 7) is 3.31. The third-order valence-electron chi connectivity index (χ3n) is 3.12. The maximum absolute atomic E-state index is 12.0. The van der Waals surface area contributed by atoms with Crippen molar-refractivity contribution < 1.29 is 4.79 Å². The highest BCUT2D eigenvalue weighted by atomic mass is 32.1. The van der Waals surface area contributed by atoms with Crippen LogP contribution in [0.1, 0.15) is 24.1 Å². The largest absolute Gasteiger partial charge is 0.342 e. The summed E-state index contributed by atoms with van der Waals surface area (Å²) in [5, 5.41) is 2.08. The van der Waals surface area contributed by atoms with Gasteiger partial charge in [0, 0.05) is 24.5 Å². The van der Waals surface area contributed by atoms with Crippen molar-refractivity contribution in [2.24, 2.45) is 0 Å². The molecule has 1 saturated heterocycles. The molecular weight excluding hydrogens is 232 g/mol. The fraction of sp³-hybridized carbons (Fsp3) is 0.615. The highest BCUT2D eigenvalue weighted by Gasteiger charge is 2.17. The van der Waals surface area contributed by atoms with Gasteiger partial charge in [-0.1, -0.05) is 6.07 Å². The molecule has 0 radical (unpaired) electrons. The molecule has 0 aromatic carbocycles. The summed E-state index contributed by atoms with van der Waals surface area (Å²) in [5.41, 5.74) is 0. The lowest BCUT2D eigenvalue weighted by atomic mass is 10.1. The Bertz CT molecular complexity index is 344. The van der Waals surface area contributed by atoms with E-state index in [2.05, 4.69) is 22.4 Å². The number of thiophene rings is 1. The van der Waals surface area contributed by atoms with E-state index in [0.29, 0.717) is 6.54 Å². The lowest BCUT2D eigenvalue weighted by Crippen LogP contribution is -2.41. The lowest BCUT2D eigenvalue weighted by molar-refractivity contribution is -0.133. The first-order chi connectivity index (χ1) is 8.25. The van der Waals surface area contributed by atoms with Crippen molar-refractivity contribution in [3.8, 4) is 0 Å². The van der Waals surface area contributed by atoms with Crippen LogP contribution in [0, 0.1) is 0 Å². The van der Waals surface area contributed by atoms with Gasteiger partial charge in [-0.05, 0) is 37.8 Å². The molecule has 0 saturated carbocycles. The van der Waals surface area contributed by atoms with E-state index in [4.69, 9.17) is 0 Å². The van der Waals surface area contributed by atoms with Crippen molar-refractivity contribution in [3.63, 3.8) is 0 Å². The second-order valence-electron chi connectivity index (χ2n) is 4.69. The van der Waals surface area contributed by atoms with Crippen molar-refractivity contribution in [1.29, 1.82) is 0 Å². The van der Waals surface area contributed by atoms with E-state index in [1.165, 1.54) is 24.1 Å². The quantitative estimate of drug-likeness (QED) is 0.820. The maximum Gasteiger partial charge on any atom is 0.236 e. The topological polar surface area (TPSA) is 23.6 Å². The summed E-state index contributed by atoms with van der Waals surface area (Å²) in [6.07, 6.45) is 3.61. The predicted octanol–water partition coefficient (Wildman–Crippen LogP) is 2.19. The average Bonchev–Trinajstić information content (AvgIpc) is 2.82. The van der Waals surface area contributed by atoms with Crippen LogP contribution >= 0.6 is 11.3 Å². The Balaban J connectivity index is 1.77. The van der Waals surface area contributed by atoms with Gasteiger partial charge in [0.05, 0.1) is 6.54 Å². The van der Waals surface area contributed by atoms with Gasteiger partial charge in [-0.3, -0.25) is 9.69 Å². The average molecular weight is 252 g/mol. The van der Waals surface area contributed by atoms with E-state index in [-0.39, 0.29) is 5.91 Å². The van der Waals surface area contributed by atoms with Gasteiger partial charge in [-0.25, -0.2) is 0 Å². The molecule has 1 aromatic heterocycles. The van der Waals surface area contributed by atoms with Crippen LogP contribution in [-0.2, 0) is 11.3 Å². The first-order valence-electron chi connectivity index (χ1n) is 6.24. The van der Waals surface area contributed by atoms with Gasteiger partial charge in [-0.15, -0.1) is 11.3 Å². The zero-order valence-electron chi connectivity index (χ0n) is 10.4. The second kappa shape index (κ2) is 6.17. The molecule has 0 aliphatic carbocycles. The molecule has 2 heterocycles. The Hall–Kier alpha value is -0.870. The molecule has 0 bridgehead atoms. The van der Waals surface area contributed by atoms with Crippen molar-refractivity contribution in [3.05, 3.63) is 22.4 Å². The third-order valence-corrected chi connectivity index (χ3v) is 3.98. The summed E-state index contributed by atoms with van der Waals surface area (Å²) in [7, 11) is 2.02. The molecule has 0 unspecified atom stereocenters. The summed E-state index contributed by atoms with van der Waals surface area (Å²) >= 11 is 1.75. The van der Waals surface area contributed by atoms with Gasteiger partial charge in [0.25, 0.3) is 0 Å². The first-order valence-corrected chi connectivity index (χ1v) is 7.12. The van der Waals surface area contributed by atoms with Crippen molar-refractivity contribution >= 4 is 17.2 Å². The highest BCUT2D eigenvalue weighted by Crippen LogP contribution is 2.12. The minimum atomic E-state index is 0.281. The zero-order valence-corrected chi connectivity index (χ0v) is 11.2. The van der Waals surface area contributed by atoms with Crippen LogP contribution in [0.15, 0.2) is 17.5 Å². The van der Waals surface area contributed by atoms with E-state index < -0.39 is 0 Å². The van der Waals surface area contributed by atoms with Gasteiger partial charge in [-0.2, -0.15) is 0 Å². The Kier molecular flexibility index (Phi) is 4.57. The number of likely N-dealkylation sites (tertiary alicyclic amines) is 1. The summed E-state index contributed by atoms with van der Waals surface area (Å²) < 4.78 is 0. The van der Waals surface area contributed by atoms with Crippen LogP contribution in [0.4, 0.5) is 0 Å². The SMILES string of the molecule is CN(CC(=O)N1CCCCC1)Cc1cccs1. The second-order valence-corrected chi connectivity index (χ2v) is 5.73. The van der Waals surface area contributed by atoms with E-state index in [9.17, 15) is 4.79 Å². The molecule has 0 atom stereocenters. The monoisotopic (exact) mass is 252 g/mol. The smallest absolute Gasteiger partial charge is 0.236 e. The van der Waals surface area contributed by atoms with Crippen molar-refractivity contribution in [2.75, 3.05) is 26.7 Å². The number of hydrogen-bond acceptors (Lipinski definition) is 3. The molecular formula is C13H20N2OS. The number of carbonyl (C=O) groups is 1. The normalized spacial score (nSPS) is 16.5. The van der Waals surface area contributed by atoms with Crippen molar-refractivity contribution in [1.82, 2.24) is 9.80 Å². The Morgan fingerprint density at radius 3 is 2.82 bits per heavy atom. The number of amides is 1. The van der Waals surface area contributed by atoms with E-state index in [1.807, 2.05) is 11.9 Å². The summed E-state index contributed by atoms with van der Waals surface area (Å²) in [5.74, 6) is 0.281. The molecule has 0 N–H and O–H groups in total. The van der Waals surface area contributed by atoms with Gasteiger partial charge >= 0.3 is 0 Å². The molecule has 1 fully saturated rings. The maximum atomic E-state index is 12.0. The fourth-order valence-corrected chi connectivity index (χ4v) is 2.98. The number of nitrogens with zero attached hydrogens (tertiary/aromatic N) is 2. The van der Waals surface area contributed by atoms with Crippen LogP contribution in [0.25, 0.3) is 0 Å². The number of piperidine rings is 1. The Morgan fingerprint density at radius 2 is 2.18 bits per heavy atom. The Morgan fingerprint density at radius 1 is 1.41 bits per heavy atom. The molecule has 4 heteroatoms. The molecule has 1 aliphatic heterocycles. The lowest BCUT2D eigenvalue weighted by Gasteiger charge is -2.28. The summed E-state index contributed by atoms with van der Waals surface area (Å²) in [6, 6.07) is 4.17. The first kappa shape index (κ1) is 12.6. The molecule has 17 heavy (non-hydrogen) atoms. The molecule has 1 amide bonds. The van der Waals surface area contributed by atoms with Crippen LogP contribution in [0.3, 0.4) is 0 Å². The number of likely N-dealkylation sites (N-methyl/N-ethyl adjacent to an activating group) is 1. The van der Waals surface area contributed by atoms with Crippen LogP contribution < -0.4 is 0 Å². The molecule has 1 aliphatic rings.